The van der Waals surface area contributed by atoms with Gasteiger partial charge in [0.25, 0.3) is 11.8 Å². The van der Waals surface area contributed by atoms with Gasteiger partial charge in [0.15, 0.2) is 6.61 Å². The van der Waals surface area contributed by atoms with Crippen molar-refractivity contribution < 1.29 is 18.7 Å². The van der Waals surface area contributed by atoms with Gasteiger partial charge in [-0.25, -0.2) is 5.43 Å². The van der Waals surface area contributed by atoms with E-state index in [4.69, 9.17) is 20.8 Å². The topological polar surface area (TPSA) is 92.9 Å². The first kappa shape index (κ1) is 25.1. The fourth-order valence-corrected chi connectivity index (χ4v) is 3.36. The van der Waals surface area contributed by atoms with Crippen LogP contribution in [-0.2, 0) is 9.59 Å². The fraction of sp³-hybridized carbons (Fsp3) is 0.269. The van der Waals surface area contributed by atoms with Crippen LogP contribution in [0.2, 0.25) is 5.02 Å². The van der Waals surface area contributed by atoms with Gasteiger partial charge in [-0.2, -0.15) is 5.10 Å². The number of hydrazone groups is 1. The Morgan fingerprint density at radius 1 is 1.09 bits per heavy atom. The standard InChI is InChI=1S/C26H28ClN3O4/c1-17(2)14-22(29-25(31)16-33-23-7-5-4-6-18(23)3)26(32)30-28-15-21-12-13-24(34-21)19-8-10-20(27)11-9-19/h4-13,15,17,22H,14,16H2,1-3H3,(H,29,31)(H,30,32)/b28-15-/t22-/m0/s1. The van der Waals surface area contributed by atoms with E-state index in [9.17, 15) is 9.59 Å². The molecule has 2 aromatic carbocycles. The Morgan fingerprint density at radius 3 is 2.53 bits per heavy atom. The second-order valence-electron chi connectivity index (χ2n) is 8.25. The van der Waals surface area contributed by atoms with Crippen molar-refractivity contribution >= 4 is 29.6 Å². The Hall–Kier alpha value is -3.58. The molecule has 0 aliphatic carbocycles. The molecule has 34 heavy (non-hydrogen) atoms. The van der Waals surface area contributed by atoms with Crippen LogP contribution >= 0.6 is 11.6 Å². The van der Waals surface area contributed by atoms with E-state index in [0.29, 0.717) is 28.7 Å². The first-order valence-electron chi connectivity index (χ1n) is 11.0. The molecule has 0 saturated carbocycles. The molecule has 3 rings (SSSR count). The summed E-state index contributed by atoms with van der Waals surface area (Å²) in [6.07, 6.45) is 1.87. The Kier molecular flexibility index (Phi) is 8.87. The minimum Gasteiger partial charge on any atom is -0.484 e. The van der Waals surface area contributed by atoms with Crippen LogP contribution in [0.15, 0.2) is 70.2 Å². The van der Waals surface area contributed by atoms with E-state index >= 15 is 0 Å². The lowest BCUT2D eigenvalue weighted by molar-refractivity contribution is -0.130. The summed E-state index contributed by atoms with van der Waals surface area (Å²) in [4.78, 5) is 25.1. The molecule has 0 radical (unpaired) electrons. The van der Waals surface area contributed by atoms with E-state index < -0.39 is 11.9 Å². The van der Waals surface area contributed by atoms with Crippen LogP contribution < -0.4 is 15.5 Å². The molecule has 2 N–H and O–H groups in total. The monoisotopic (exact) mass is 481 g/mol. The van der Waals surface area contributed by atoms with Crippen molar-refractivity contribution in [3.63, 3.8) is 0 Å². The van der Waals surface area contributed by atoms with Crippen LogP contribution in [0.4, 0.5) is 0 Å². The van der Waals surface area contributed by atoms with Gasteiger partial charge in [-0.15, -0.1) is 0 Å². The van der Waals surface area contributed by atoms with Gasteiger partial charge < -0.3 is 14.5 Å². The highest BCUT2D eigenvalue weighted by molar-refractivity contribution is 6.30. The molecular formula is C26H28ClN3O4. The number of benzene rings is 2. The Balaban J connectivity index is 1.55. The first-order chi connectivity index (χ1) is 16.3. The molecule has 1 aromatic heterocycles. The van der Waals surface area contributed by atoms with E-state index in [2.05, 4.69) is 15.8 Å². The second kappa shape index (κ2) is 12.0. The molecule has 7 nitrogen and oxygen atoms in total. The smallest absolute Gasteiger partial charge is 0.262 e. The SMILES string of the molecule is Cc1ccccc1OCC(=O)N[C@@H](CC(C)C)C(=O)N/N=C\c1ccc(-c2ccc(Cl)cc2)o1. The molecule has 178 valence electrons. The summed E-state index contributed by atoms with van der Waals surface area (Å²) in [5.41, 5.74) is 4.28. The number of hydrogen-bond donors (Lipinski definition) is 2. The Morgan fingerprint density at radius 2 is 1.82 bits per heavy atom. The highest BCUT2D eigenvalue weighted by atomic mass is 35.5. The summed E-state index contributed by atoms with van der Waals surface area (Å²) in [5, 5.41) is 7.36. The van der Waals surface area contributed by atoms with Crippen molar-refractivity contribution in [3.05, 3.63) is 77.0 Å². The third kappa shape index (κ3) is 7.49. The zero-order chi connectivity index (χ0) is 24.5. The number of carbonyl (C=O) groups is 2. The number of carbonyl (C=O) groups excluding carboxylic acids is 2. The van der Waals surface area contributed by atoms with Crippen LogP contribution in [0, 0.1) is 12.8 Å². The summed E-state index contributed by atoms with van der Waals surface area (Å²) in [6, 6.07) is 17.5. The molecule has 0 saturated heterocycles. The fourth-order valence-electron chi connectivity index (χ4n) is 3.23. The number of nitrogens with one attached hydrogen (secondary N) is 2. The summed E-state index contributed by atoms with van der Waals surface area (Å²) in [5.74, 6) is 1.14. The molecule has 1 atom stereocenters. The van der Waals surface area contributed by atoms with E-state index in [1.807, 2.05) is 57.2 Å². The molecule has 8 heteroatoms. The van der Waals surface area contributed by atoms with Gasteiger partial charge in [0.05, 0.1) is 6.21 Å². The average molecular weight is 482 g/mol. The lowest BCUT2D eigenvalue weighted by atomic mass is 10.0. The van der Waals surface area contributed by atoms with Gasteiger partial charge >= 0.3 is 0 Å². The maximum atomic E-state index is 12.7. The largest absolute Gasteiger partial charge is 0.484 e. The molecule has 1 heterocycles. The maximum absolute atomic E-state index is 12.7. The predicted molar refractivity (Wildman–Crippen MR) is 133 cm³/mol. The number of furan rings is 1. The molecule has 0 fully saturated rings. The van der Waals surface area contributed by atoms with Gasteiger partial charge in [-0.05, 0) is 67.3 Å². The minimum atomic E-state index is -0.744. The lowest BCUT2D eigenvalue weighted by Crippen LogP contribution is -2.47. The van der Waals surface area contributed by atoms with Gasteiger partial charge in [-0.1, -0.05) is 43.6 Å². The van der Waals surface area contributed by atoms with Gasteiger partial charge in [0.2, 0.25) is 0 Å². The van der Waals surface area contributed by atoms with Crippen molar-refractivity contribution in [2.24, 2.45) is 11.0 Å². The average Bonchev–Trinajstić information content (AvgIpc) is 3.27. The number of para-hydroxylation sites is 1. The maximum Gasteiger partial charge on any atom is 0.262 e. The van der Waals surface area contributed by atoms with E-state index in [0.717, 1.165) is 11.1 Å². The summed E-state index contributed by atoms with van der Waals surface area (Å²) >= 11 is 5.92. The molecule has 0 unspecified atom stereocenters. The predicted octanol–water partition coefficient (Wildman–Crippen LogP) is 4.97. The lowest BCUT2D eigenvalue weighted by Gasteiger charge is -2.19. The zero-order valence-electron chi connectivity index (χ0n) is 19.4. The summed E-state index contributed by atoms with van der Waals surface area (Å²) < 4.78 is 11.3. The normalized spacial score (nSPS) is 12.0. The van der Waals surface area contributed by atoms with Gasteiger partial charge in [-0.3, -0.25) is 9.59 Å². The Bertz CT molecular complexity index is 1140. The number of aryl methyl sites for hydroxylation is 1. The van der Waals surface area contributed by atoms with E-state index in [1.165, 1.54) is 6.21 Å². The van der Waals surface area contributed by atoms with Crippen molar-refractivity contribution in [2.75, 3.05) is 6.61 Å². The van der Waals surface area contributed by atoms with Crippen LogP contribution in [-0.4, -0.2) is 30.7 Å². The van der Waals surface area contributed by atoms with Gasteiger partial charge in [0.1, 0.15) is 23.3 Å². The number of halogens is 1. The molecule has 2 amide bonds. The molecular weight excluding hydrogens is 454 g/mol. The molecule has 0 aliphatic heterocycles. The second-order valence-corrected chi connectivity index (χ2v) is 8.68. The summed E-state index contributed by atoms with van der Waals surface area (Å²) in [7, 11) is 0. The van der Waals surface area contributed by atoms with Crippen molar-refractivity contribution in [1.82, 2.24) is 10.7 Å². The zero-order valence-corrected chi connectivity index (χ0v) is 20.1. The number of amides is 2. The third-order valence-electron chi connectivity index (χ3n) is 4.93. The van der Waals surface area contributed by atoms with Crippen molar-refractivity contribution in [2.45, 2.75) is 33.2 Å². The van der Waals surface area contributed by atoms with Crippen LogP contribution in [0.25, 0.3) is 11.3 Å². The van der Waals surface area contributed by atoms with Crippen molar-refractivity contribution in [3.8, 4) is 17.1 Å². The Labute approximate surface area is 204 Å². The number of ether oxygens (including phenoxy) is 1. The third-order valence-corrected chi connectivity index (χ3v) is 5.19. The van der Waals surface area contributed by atoms with Crippen molar-refractivity contribution in [1.29, 1.82) is 0 Å². The number of rotatable bonds is 10. The molecule has 0 aliphatic rings. The number of nitrogens with zero attached hydrogens (tertiary/aromatic N) is 1. The highest BCUT2D eigenvalue weighted by Crippen LogP contribution is 2.23. The van der Waals surface area contributed by atoms with Gasteiger partial charge in [0, 0.05) is 10.6 Å². The molecule has 3 aromatic rings. The molecule has 0 spiro atoms. The molecule has 0 bridgehead atoms. The van der Waals surface area contributed by atoms with E-state index in [1.54, 1.807) is 24.3 Å². The first-order valence-corrected chi connectivity index (χ1v) is 11.4. The number of hydrogen-bond acceptors (Lipinski definition) is 5. The quantitative estimate of drug-likeness (QED) is 0.316. The van der Waals surface area contributed by atoms with E-state index in [-0.39, 0.29) is 18.4 Å². The highest BCUT2D eigenvalue weighted by Gasteiger charge is 2.22. The van der Waals surface area contributed by atoms with Crippen LogP contribution in [0.1, 0.15) is 31.6 Å². The summed E-state index contributed by atoms with van der Waals surface area (Å²) in [6.45, 7) is 5.66. The van der Waals surface area contributed by atoms with Crippen LogP contribution in [0.3, 0.4) is 0 Å². The minimum absolute atomic E-state index is 0.185. The van der Waals surface area contributed by atoms with Crippen LogP contribution in [0.5, 0.6) is 5.75 Å².